The lowest BCUT2D eigenvalue weighted by Crippen LogP contribution is -2.35. The lowest BCUT2D eigenvalue weighted by atomic mass is 9.99. The number of nitrogens with one attached hydrogen (secondary N) is 2. The minimum absolute atomic E-state index is 0.102. The summed E-state index contributed by atoms with van der Waals surface area (Å²) in [5, 5.41) is 7.68. The van der Waals surface area contributed by atoms with Crippen molar-refractivity contribution in [2.45, 2.75) is 26.2 Å². The van der Waals surface area contributed by atoms with E-state index in [4.69, 9.17) is 0 Å². The Hall–Kier alpha value is -2.18. The van der Waals surface area contributed by atoms with Gasteiger partial charge < -0.3 is 15.5 Å². The van der Waals surface area contributed by atoms with Crippen molar-refractivity contribution in [3.05, 3.63) is 52.2 Å². The standard InChI is InChI=1S/C21H27N3O2S/c1-16-8-12-24(13-9-16)11-4-10-22-20(25)17-5-2-6-18(15-17)23-21(26)19-7-3-14-27-19/h2-3,5-7,14-16H,4,8-13H2,1H3,(H,22,25)(H,23,26). The molecule has 0 atom stereocenters. The van der Waals surface area contributed by atoms with Gasteiger partial charge in [-0.05, 0) is 74.5 Å². The van der Waals surface area contributed by atoms with Gasteiger partial charge in [-0.2, -0.15) is 0 Å². The molecule has 0 radical (unpaired) electrons. The van der Waals surface area contributed by atoms with Gasteiger partial charge in [-0.3, -0.25) is 9.59 Å². The molecule has 0 aliphatic carbocycles. The van der Waals surface area contributed by atoms with Crippen molar-refractivity contribution >= 4 is 28.8 Å². The van der Waals surface area contributed by atoms with Crippen molar-refractivity contribution in [1.82, 2.24) is 10.2 Å². The molecular weight excluding hydrogens is 358 g/mol. The molecule has 1 saturated heterocycles. The van der Waals surface area contributed by atoms with E-state index in [0.29, 0.717) is 22.7 Å². The van der Waals surface area contributed by atoms with E-state index < -0.39 is 0 Å². The SMILES string of the molecule is CC1CCN(CCCNC(=O)c2cccc(NC(=O)c3cccs3)c2)CC1. The molecule has 0 saturated carbocycles. The van der Waals surface area contributed by atoms with Crippen LogP contribution in [0.1, 0.15) is 46.2 Å². The molecule has 1 aromatic heterocycles. The third kappa shape index (κ3) is 5.91. The highest BCUT2D eigenvalue weighted by Crippen LogP contribution is 2.16. The lowest BCUT2D eigenvalue weighted by molar-refractivity contribution is 0.0949. The van der Waals surface area contributed by atoms with Crippen LogP contribution in [0.3, 0.4) is 0 Å². The highest BCUT2D eigenvalue weighted by Gasteiger charge is 2.15. The molecular formula is C21H27N3O2S. The molecule has 0 spiro atoms. The third-order valence-electron chi connectivity index (χ3n) is 4.94. The number of carbonyl (C=O) groups excluding carboxylic acids is 2. The van der Waals surface area contributed by atoms with Crippen LogP contribution in [0.15, 0.2) is 41.8 Å². The number of benzene rings is 1. The Morgan fingerprint density at radius 3 is 2.70 bits per heavy atom. The maximum atomic E-state index is 12.4. The van der Waals surface area contributed by atoms with Gasteiger partial charge in [-0.1, -0.05) is 19.1 Å². The van der Waals surface area contributed by atoms with Crippen LogP contribution in [0.4, 0.5) is 5.69 Å². The minimum atomic E-state index is -0.154. The van der Waals surface area contributed by atoms with Gasteiger partial charge in [0.05, 0.1) is 4.88 Å². The van der Waals surface area contributed by atoms with Gasteiger partial charge in [0.2, 0.25) is 0 Å². The van der Waals surface area contributed by atoms with Crippen LogP contribution in [0.5, 0.6) is 0 Å². The molecule has 27 heavy (non-hydrogen) atoms. The van der Waals surface area contributed by atoms with Crippen LogP contribution in [0.25, 0.3) is 0 Å². The first kappa shape index (κ1) is 19.6. The predicted octanol–water partition coefficient (Wildman–Crippen LogP) is 3.85. The predicted molar refractivity (Wildman–Crippen MR) is 111 cm³/mol. The maximum absolute atomic E-state index is 12.4. The number of likely N-dealkylation sites (tertiary alicyclic amines) is 1. The van der Waals surface area contributed by atoms with Gasteiger partial charge in [0.1, 0.15) is 0 Å². The van der Waals surface area contributed by atoms with Gasteiger partial charge in [0.25, 0.3) is 11.8 Å². The molecule has 0 bridgehead atoms. The monoisotopic (exact) mass is 385 g/mol. The number of piperidine rings is 1. The second kappa shape index (κ2) is 9.67. The van der Waals surface area contributed by atoms with Gasteiger partial charge in [-0.15, -0.1) is 11.3 Å². The summed E-state index contributed by atoms with van der Waals surface area (Å²) in [4.78, 5) is 27.6. The second-order valence-corrected chi connectivity index (χ2v) is 8.09. The van der Waals surface area contributed by atoms with Crippen LogP contribution >= 0.6 is 11.3 Å². The summed E-state index contributed by atoms with van der Waals surface area (Å²) in [6, 6.07) is 10.7. The van der Waals surface area contributed by atoms with Gasteiger partial charge >= 0.3 is 0 Å². The quantitative estimate of drug-likeness (QED) is 0.712. The zero-order valence-electron chi connectivity index (χ0n) is 15.7. The topological polar surface area (TPSA) is 61.4 Å². The molecule has 0 unspecified atom stereocenters. The Bertz CT molecular complexity index is 753. The highest BCUT2D eigenvalue weighted by molar-refractivity contribution is 7.12. The fraction of sp³-hybridized carbons (Fsp3) is 0.429. The fourth-order valence-corrected chi connectivity index (χ4v) is 3.85. The second-order valence-electron chi connectivity index (χ2n) is 7.15. The average Bonchev–Trinajstić information content (AvgIpc) is 3.22. The summed E-state index contributed by atoms with van der Waals surface area (Å²) >= 11 is 1.39. The number of rotatable bonds is 7. The molecule has 3 rings (SSSR count). The van der Waals surface area contributed by atoms with Crippen LogP contribution in [-0.2, 0) is 0 Å². The summed E-state index contributed by atoms with van der Waals surface area (Å²) in [5.41, 5.74) is 1.19. The normalized spacial score (nSPS) is 15.4. The van der Waals surface area contributed by atoms with E-state index in [1.165, 1.54) is 37.3 Å². The molecule has 2 aromatic rings. The largest absolute Gasteiger partial charge is 0.352 e. The van der Waals surface area contributed by atoms with Crippen LogP contribution in [0.2, 0.25) is 0 Å². The van der Waals surface area contributed by atoms with Crippen molar-refractivity contribution in [2.75, 3.05) is 31.5 Å². The average molecular weight is 386 g/mol. The van der Waals surface area contributed by atoms with Crippen molar-refractivity contribution < 1.29 is 9.59 Å². The van der Waals surface area contributed by atoms with Gasteiger partial charge in [-0.25, -0.2) is 0 Å². The van der Waals surface area contributed by atoms with Gasteiger partial charge in [0.15, 0.2) is 0 Å². The summed E-state index contributed by atoms with van der Waals surface area (Å²) in [6.45, 7) is 6.34. The molecule has 1 aliphatic heterocycles. The van der Waals surface area contributed by atoms with Crippen molar-refractivity contribution in [3.63, 3.8) is 0 Å². The number of hydrogen-bond acceptors (Lipinski definition) is 4. The molecule has 5 nitrogen and oxygen atoms in total. The first-order valence-corrected chi connectivity index (χ1v) is 10.5. The third-order valence-corrected chi connectivity index (χ3v) is 5.81. The number of amides is 2. The molecule has 6 heteroatoms. The number of thiophene rings is 1. The number of nitrogens with zero attached hydrogens (tertiary/aromatic N) is 1. The number of anilines is 1. The first-order chi connectivity index (χ1) is 13.1. The van der Waals surface area contributed by atoms with E-state index in [1.54, 1.807) is 30.3 Å². The Balaban J connectivity index is 1.43. The molecule has 1 aliphatic rings. The summed E-state index contributed by atoms with van der Waals surface area (Å²) in [7, 11) is 0. The molecule has 2 N–H and O–H groups in total. The highest BCUT2D eigenvalue weighted by atomic mass is 32.1. The van der Waals surface area contributed by atoms with Crippen LogP contribution in [0, 0.1) is 5.92 Å². The first-order valence-electron chi connectivity index (χ1n) is 9.57. The van der Waals surface area contributed by atoms with E-state index in [1.807, 2.05) is 11.4 Å². The van der Waals surface area contributed by atoms with E-state index in [-0.39, 0.29) is 11.8 Å². The lowest BCUT2D eigenvalue weighted by Gasteiger charge is -2.30. The molecule has 1 aromatic carbocycles. The molecule has 144 valence electrons. The van der Waals surface area contributed by atoms with Gasteiger partial charge in [0, 0.05) is 17.8 Å². The Labute approximate surface area is 164 Å². The molecule has 2 heterocycles. The Morgan fingerprint density at radius 1 is 1.15 bits per heavy atom. The summed E-state index contributed by atoms with van der Waals surface area (Å²) in [5.74, 6) is 0.585. The zero-order chi connectivity index (χ0) is 19.1. The zero-order valence-corrected chi connectivity index (χ0v) is 16.6. The van der Waals surface area contributed by atoms with E-state index in [9.17, 15) is 9.59 Å². The van der Waals surface area contributed by atoms with Crippen LogP contribution in [-0.4, -0.2) is 42.9 Å². The van der Waals surface area contributed by atoms with E-state index in [2.05, 4.69) is 22.5 Å². The Kier molecular flexibility index (Phi) is 7.01. The van der Waals surface area contributed by atoms with Crippen molar-refractivity contribution in [3.8, 4) is 0 Å². The van der Waals surface area contributed by atoms with Crippen molar-refractivity contribution in [2.24, 2.45) is 5.92 Å². The maximum Gasteiger partial charge on any atom is 0.265 e. The smallest absolute Gasteiger partial charge is 0.265 e. The van der Waals surface area contributed by atoms with E-state index in [0.717, 1.165) is 18.9 Å². The summed E-state index contributed by atoms with van der Waals surface area (Å²) < 4.78 is 0. The number of carbonyl (C=O) groups is 2. The van der Waals surface area contributed by atoms with Crippen LogP contribution < -0.4 is 10.6 Å². The van der Waals surface area contributed by atoms with Crippen molar-refractivity contribution in [1.29, 1.82) is 0 Å². The molecule has 2 amide bonds. The minimum Gasteiger partial charge on any atom is -0.352 e. The van der Waals surface area contributed by atoms with E-state index >= 15 is 0 Å². The Morgan fingerprint density at radius 2 is 1.96 bits per heavy atom. The fourth-order valence-electron chi connectivity index (χ4n) is 3.23. The number of hydrogen-bond donors (Lipinski definition) is 2. The molecule has 1 fully saturated rings. The summed E-state index contributed by atoms with van der Waals surface area (Å²) in [6.07, 6.45) is 3.50.